The van der Waals surface area contributed by atoms with Crippen LogP contribution in [0.3, 0.4) is 0 Å². The van der Waals surface area contributed by atoms with E-state index >= 15 is 0 Å². The lowest BCUT2D eigenvalue weighted by molar-refractivity contribution is -0.0678. The van der Waals surface area contributed by atoms with Crippen molar-refractivity contribution in [3.05, 3.63) is 53.4 Å². The van der Waals surface area contributed by atoms with Crippen LogP contribution in [0.25, 0.3) is 10.1 Å². The maximum Gasteiger partial charge on any atom is 0.204 e. The standard InChI is InChI=1S/C26H29NO4S/c1-2-29-22-7-5-8-23-25(22)31-19(15-30-23)14-27-17-10-11-18(27)13-26(28,12-17)21-16-32-24-9-4-3-6-20(21)24/h3-9,16-19,28H,2,10-15H2,1H3/t17-,18+,19-,26?/m0/s1. The summed E-state index contributed by atoms with van der Waals surface area (Å²) < 4.78 is 19.4. The summed E-state index contributed by atoms with van der Waals surface area (Å²) in [5.74, 6) is 2.22. The molecule has 4 heterocycles. The SMILES string of the molecule is CCOc1cccc2c1O[C@@H](CN1[C@@H]3CC[C@H]1CC(O)(c1csc4ccccc14)C3)CO2. The molecular weight excluding hydrogens is 422 g/mol. The third-order valence-corrected chi connectivity index (χ3v) is 8.23. The maximum atomic E-state index is 11.8. The molecule has 2 fully saturated rings. The largest absolute Gasteiger partial charge is 0.490 e. The number of piperidine rings is 1. The Morgan fingerprint density at radius 1 is 1.12 bits per heavy atom. The first-order valence-electron chi connectivity index (χ1n) is 11.6. The van der Waals surface area contributed by atoms with Gasteiger partial charge in [-0.1, -0.05) is 24.3 Å². The van der Waals surface area contributed by atoms with E-state index in [2.05, 4.69) is 34.5 Å². The Hall–Kier alpha value is -2.28. The zero-order chi connectivity index (χ0) is 21.7. The summed E-state index contributed by atoms with van der Waals surface area (Å²) in [6.07, 6.45) is 3.77. The summed E-state index contributed by atoms with van der Waals surface area (Å²) in [5, 5.41) is 15.1. The number of nitrogens with zero attached hydrogens (tertiary/aromatic N) is 1. The highest BCUT2D eigenvalue weighted by Crippen LogP contribution is 2.49. The third-order valence-electron chi connectivity index (χ3n) is 7.27. The molecule has 3 aromatic rings. The fraction of sp³-hybridized carbons (Fsp3) is 0.462. The molecule has 6 rings (SSSR count). The quantitative estimate of drug-likeness (QED) is 0.595. The molecule has 0 radical (unpaired) electrons. The third kappa shape index (κ3) is 3.36. The van der Waals surface area contributed by atoms with Crippen molar-refractivity contribution in [3.63, 3.8) is 0 Å². The van der Waals surface area contributed by atoms with Crippen LogP contribution in [0.15, 0.2) is 47.8 Å². The number of hydrogen-bond acceptors (Lipinski definition) is 6. The summed E-state index contributed by atoms with van der Waals surface area (Å²) in [7, 11) is 0. The van der Waals surface area contributed by atoms with Crippen LogP contribution >= 0.6 is 11.3 Å². The Labute approximate surface area is 192 Å². The second-order valence-electron chi connectivity index (χ2n) is 9.23. The first-order valence-corrected chi connectivity index (χ1v) is 12.5. The van der Waals surface area contributed by atoms with E-state index in [1.807, 2.05) is 25.1 Å². The average Bonchev–Trinajstić information content (AvgIpc) is 3.34. The molecule has 1 unspecified atom stereocenters. The number of fused-ring (bicyclic) bond motifs is 4. The van der Waals surface area contributed by atoms with E-state index in [9.17, 15) is 5.11 Å². The van der Waals surface area contributed by atoms with Crippen molar-refractivity contribution in [2.75, 3.05) is 19.8 Å². The first kappa shape index (κ1) is 20.3. The average molecular weight is 452 g/mol. The van der Waals surface area contributed by atoms with Gasteiger partial charge in [-0.05, 0) is 61.6 Å². The number of thiophene rings is 1. The predicted molar refractivity (Wildman–Crippen MR) is 126 cm³/mol. The van der Waals surface area contributed by atoms with Gasteiger partial charge in [0.25, 0.3) is 0 Å². The number of benzene rings is 2. The molecule has 2 saturated heterocycles. The van der Waals surface area contributed by atoms with Gasteiger partial charge in [0.1, 0.15) is 12.7 Å². The van der Waals surface area contributed by atoms with Gasteiger partial charge in [0.2, 0.25) is 5.75 Å². The Bertz CT molecular complexity index is 1110. The molecule has 1 N–H and O–H groups in total. The van der Waals surface area contributed by atoms with Crippen molar-refractivity contribution in [1.29, 1.82) is 0 Å². The van der Waals surface area contributed by atoms with E-state index < -0.39 is 5.60 Å². The van der Waals surface area contributed by atoms with Crippen molar-refractivity contribution in [3.8, 4) is 17.2 Å². The number of ether oxygens (including phenoxy) is 3. The van der Waals surface area contributed by atoms with Gasteiger partial charge in [0, 0.05) is 28.9 Å². The van der Waals surface area contributed by atoms with Gasteiger partial charge in [0.05, 0.1) is 12.2 Å². The second kappa shape index (κ2) is 7.94. The highest BCUT2D eigenvalue weighted by atomic mass is 32.1. The van der Waals surface area contributed by atoms with E-state index in [-0.39, 0.29) is 6.10 Å². The first-order chi connectivity index (χ1) is 15.6. The van der Waals surface area contributed by atoms with E-state index in [0.717, 1.165) is 55.0 Å². The van der Waals surface area contributed by atoms with E-state index in [0.29, 0.717) is 25.3 Å². The Kier molecular flexibility index (Phi) is 5.05. The minimum atomic E-state index is -0.749. The number of rotatable bonds is 5. The molecule has 168 valence electrons. The smallest absolute Gasteiger partial charge is 0.204 e. The van der Waals surface area contributed by atoms with Gasteiger partial charge in [0.15, 0.2) is 11.5 Å². The van der Waals surface area contributed by atoms with Crippen LogP contribution in [0, 0.1) is 0 Å². The molecule has 32 heavy (non-hydrogen) atoms. The van der Waals surface area contributed by atoms with Crippen molar-refractivity contribution in [2.24, 2.45) is 0 Å². The lowest BCUT2D eigenvalue weighted by Crippen LogP contribution is -2.53. The monoisotopic (exact) mass is 451 g/mol. The van der Waals surface area contributed by atoms with E-state index in [4.69, 9.17) is 14.2 Å². The number of hydrogen-bond donors (Lipinski definition) is 1. The summed E-state index contributed by atoms with van der Waals surface area (Å²) in [4.78, 5) is 2.56. The van der Waals surface area contributed by atoms with Gasteiger partial charge >= 0.3 is 0 Å². The molecule has 3 aliphatic heterocycles. The minimum absolute atomic E-state index is 0.0413. The molecule has 0 saturated carbocycles. The summed E-state index contributed by atoms with van der Waals surface area (Å²) in [6, 6.07) is 15.0. The Morgan fingerprint density at radius 3 is 2.75 bits per heavy atom. The van der Waals surface area contributed by atoms with Crippen molar-refractivity contribution < 1.29 is 19.3 Å². The fourth-order valence-corrected chi connectivity index (χ4v) is 6.93. The van der Waals surface area contributed by atoms with Crippen molar-refractivity contribution in [2.45, 2.75) is 56.4 Å². The van der Waals surface area contributed by atoms with E-state index in [1.54, 1.807) is 11.3 Å². The summed E-state index contributed by atoms with van der Waals surface area (Å²) in [5.41, 5.74) is 0.364. The normalized spacial score (nSPS) is 29.4. The van der Waals surface area contributed by atoms with Crippen LogP contribution in [0.5, 0.6) is 17.2 Å². The van der Waals surface area contributed by atoms with Crippen LogP contribution < -0.4 is 14.2 Å². The number of para-hydroxylation sites is 1. The Balaban J connectivity index is 1.20. The number of aliphatic hydroxyl groups is 1. The van der Waals surface area contributed by atoms with Crippen LogP contribution in [0.2, 0.25) is 0 Å². The Morgan fingerprint density at radius 2 is 1.94 bits per heavy atom. The van der Waals surface area contributed by atoms with Crippen LogP contribution in [-0.4, -0.2) is 48.0 Å². The lowest BCUT2D eigenvalue weighted by atomic mass is 9.80. The second-order valence-corrected chi connectivity index (χ2v) is 10.1. The van der Waals surface area contributed by atoms with Gasteiger partial charge in [-0.2, -0.15) is 0 Å². The highest BCUT2D eigenvalue weighted by Gasteiger charge is 2.49. The predicted octanol–water partition coefficient (Wildman–Crippen LogP) is 4.95. The van der Waals surface area contributed by atoms with Crippen LogP contribution in [0.4, 0.5) is 0 Å². The molecule has 0 aliphatic carbocycles. The van der Waals surface area contributed by atoms with Gasteiger partial charge in [-0.3, -0.25) is 4.90 Å². The van der Waals surface area contributed by atoms with Crippen molar-refractivity contribution in [1.82, 2.24) is 4.90 Å². The van der Waals surface area contributed by atoms with Gasteiger partial charge in [-0.15, -0.1) is 11.3 Å². The van der Waals surface area contributed by atoms with Crippen LogP contribution in [-0.2, 0) is 5.60 Å². The molecule has 3 aliphatic rings. The van der Waals surface area contributed by atoms with Crippen molar-refractivity contribution >= 4 is 21.4 Å². The molecule has 2 bridgehead atoms. The molecule has 2 aromatic carbocycles. The van der Waals surface area contributed by atoms with Gasteiger partial charge in [-0.25, -0.2) is 0 Å². The molecule has 1 aromatic heterocycles. The zero-order valence-corrected chi connectivity index (χ0v) is 19.1. The van der Waals surface area contributed by atoms with Gasteiger partial charge < -0.3 is 19.3 Å². The topological polar surface area (TPSA) is 51.2 Å². The fourth-order valence-electron chi connectivity index (χ4n) is 5.88. The molecule has 5 nitrogen and oxygen atoms in total. The lowest BCUT2D eigenvalue weighted by Gasteiger charge is -2.45. The minimum Gasteiger partial charge on any atom is -0.490 e. The molecule has 4 atom stereocenters. The van der Waals surface area contributed by atoms with E-state index in [1.165, 1.54) is 10.1 Å². The zero-order valence-electron chi connectivity index (χ0n) is 18.3. The summed E-state index contributed by atoms with van der Waals surface area (Å²) >= 11 is 1.74. The molecule has 0 amide bonds. The molecular formula is C26H29NO4S. The maximum absolute atomic E-state index is 11.8. The summed E-state index contributed by atoms with van der Waals surface area (Å²) in [6.45, 7) is 3.92. The molecule has 6 heteroatoms. The highest BCUT2D eigenvalue weighted by molar-refractivity contribution is 7.17. The molecule has 0 spiro atoms. The van der Waals surface area contributed by atoms with Crippen LogP contribution in [0.1, 0.15) is 38.2 Å².